The second kappa shape index (κ2) is 10.7. The summed E-state index contributed by atoms with van der Waals surface area (Å²) in [7, 11) is 1.39. The molecule has 2 heterocycles. The minimum Gasteiger partial charge on any atom is -0.468 e. The number of hydrogen-bond donors (Lipinski definition) is 0. The van der Waals surface area contributed by atoms with Crippen LogP contribution in [0.5, 0.6) is 0 Å². The number of ether oxygens (including phenoxy) is 1. The molecule has 9 heteroatoms. The lowest BCUT2D eigenvalue weighted by atomic mass is 10.0. The smallest absolute Gasteiger partial charge is 0.327 e. The van der Waals surface area contributed by atoms with Gasteiger partial charge in [-0.25, -0.2) is 4.79 Å². The molecule has 1 unspecified atom stereocenters. The van der Waals surface area contributed by atoms with Crippen LogP contribution < -0.4 is 0 Å². The van der Waals surface area contributed by atoms with Crippen molar-refractivity contribution < 1.29 is 18.8 Å². The van der Waals surface area contributed by atoms with E-state index in [-0.39, 0.29) is 17.8 Å². The highest BCUT2D eigenvalue weighted by Gasteiger charge is 2.32. The number of carbonyl (C=O) groups excluding carboxylic acids is 2. The number of methoxy groups -OCH3 is 1. The SMILES string of the molecule is COC(=O)C(c1ccc(Cl)cc1)N1CCN(C(=O)CCCc2nc(C(C)C)no2)CC1. The summed E-state index contributed by atoms with van der Waals surface area (Å²) in [6.07, 6.45) is 1.68. The maximum absolute atomic E-state index is 12.6. The van der Waals surface area contributed by atoms with Crippen molar-refractivity contribution in [2.75, 3.05) is 33.3 Å². The maximum Gasteiger partial charge on any atom is 0.327 e. The van der Waals surface area contributed by atoms with Crippen molar-refractivity contribution in [3.05, 3.63) is 46.6 Å². The van der Waals surface area contributed by atoms with Crippen LogP contribution in [0.2, 0.25) is 5.02 Å². The predicted octanol–water partition coefficient (Wildman–Crippen LogP) is 3.23. The van der Waals surface area contributed by atoms with Gasteiger partial charge in [0.25, 0.3) is 0 Å². The second-order valence-electron chi connectivity index (χ2n) is 7.95. The molecule has 0 bridgehead atoms. The minimum absolute atomic E-state index is 0.101. The first kappa shape index (κ1) is 23.2. The van der Waals surface area contributed by atoms with Gasteiger partial charge in [-0.15, -0.1) is 0 Å². The van der Waals surface area contributed by atoms with Crippen LogP contribution >= 0.6 is 11.6 Å². The molecule has 0 radical (unpaired) electrons. The number of benzene rings is 1. The number of hydrogen-bond acceptors (Lipinski definition) is 7. The molecular weight excluding hydrogens is 420 g/mol. The first-order valence-electron chi connectivity index (χ1n) is 10.6. The summed E-state index contributed by atoms with van der Waals surface area (Å²) in [5, 5.41) is 4.56. The lowest BCUT2D eigenvalue weighted by molar-refractivity contribution is -0.148. The Bertz CT molecular complexity index is 876. The van der Waals surface area contributed by atoms with Crippen molar-refractivity contribution in [2.45, 2.75) is 45.1 Å². The molecule has 31 heavy (non-hydrogen) atoms. The highest BCUT2D eigenvalue weighted by atomic mass is 35.5. The number of rotatable bonds is 8. The second-order valence-corrected chi connectivity index (χ2v) is 8.39. The molecule has 1 aliphatic heterocycles. The number of esters is 1. The zero-order valence-electron chi connectivity index (χ0n) is 18.2. The number of amides is 1. The van der Waals surface area contributed by atoms with Crippen LogP contribution in [0.3, 0.4) is 0 Å². The van der Waals surface area contributed by atoms with Crippen LogP contribution in [0.15, 0.2) is 28.8 Å². The van der Waals surface area contributed by atoms with Gasteiger partial charge in [-0.2, -0.15) is 4.98 Å². The van der Waals surface area contributed by atoms with E-state index in [4.69, 9.17) is 20.9 Å². The summed E-state index contributed by atoms with van der Waals surface area (Å²) in [4.78, 5) is 33.3. The molecule has 0 spiro atoms. The molecule has 1 fully saturated rings. The van der Waals surface area contributed by atoms with Gasteiger partial charge in [-0.1, -0.05) is 42.7 Å². The molecule has 1 saturated heterocycles. The van der Waals surface area contributed by atoms with Gasteiger partial charge >= 0.3 is 5.97 Å². The summed E-state index contributed by atoms with van der Waals surface area (Å²) in [6, 6.07) is 6.69. The topological polar surface area (TPSA) is 88.8 Å². The van der Waals surface area contributed by atoms with E-state index in [1.165, 1.54) is 7.11 Å². The van der Waals surface area contributed by atoms with Crippen LogP contribution in [-0.2, 0) is 20.7 Å². The molecule has 1 amide bonds. The van der Waals surface area contributed by atoms with Crippen molar-refractivity contribution in [2.24, 2.45) is 0 Å². The van der Waals surface area contributed by atoms with Gasteiger partial charge in [0.05, 0.1) is 7.11 Å². The summed E-state index contributed by atoms with van der Waals surface area (Å²) in [5.74, 6) is 1.27. The van der Waals surface area contributed by atoms with Crippen molar-refractivity contribution in [1.29, 1.82) is 0 Å². The van der Waals surface area contributed by atoms with E-state index in [1.54, 1.807) is 12.1 Å². The van der Waals surface area contributed by atoms with Gasteiger partial charge in [-0.05, 0) is 24.1 Å². The third-order valence-corrected chi connectivity index (χ3v) is 5.68. The summed E-state index contributed by atoms with van der Waals surface area (Å²) >= 11 is 5.98. The van der Waals surface area contributed by atoms with Gasteiger partial charge in [-0.3, -0.25) is 9.69 Å². The molecule has 1 aromatic carbocycles. The normalized spacial score (nSPS) is 15.8. The van der Waals surface area contributed by atoms with Crippen molar-refractivity contribution >= 4 is 23.5 Å². The number of halogens is 1. The molecule has 0 N–H and O–H groups in total. The van der Waals surface area contributed by atoms with E-state index in [0.717, 1.165) is 5.56 Å². The monoisotopic (exact) mass is 448 g/mol. The quantitative estimate of drug-likeness (QED) is 0.573. The van der Waals surface area contributed by atoms with Gasteiger partial charge in [0.2, 0.25) is 11.8 Å². The minimum atomic E-state index is -0.507. The lowest BCUT2D eigenvalue weighted by Gasteiger charge is -2.38. The maximum atomic E-state index is 12.6. The summed E-state index contributed by atoms with van der Waals surface area (Å²) in [5.41, 5.74) is 0.830. The number of aryl methyl sites for hydroxylation is 1. The molecule has 2 aromatic rings. The van der Waals surface area contributed by atoms with Gasteiger partial charge in [0, 0.05) is 50.0 Å². The zero-order valence-corrected chi connectivity index (χ0v) is 19.0. The molecule has 1 aromatic heterocycles. The average Bonchev–Trinajstić information content (AvgIpc) is 3.25. The Morgan fingerprint density at radius 3 is 2.42 bits per heavy atom. The predicted molar refractivity (Wildman–Crippen MR) is 116 cm³/mol. The molecule has 1 atom stereocenters. The third kappa shape index (κ3) is 6.04. The fraction of sp³-hybridized carbons (Fsp3) is 0.545. The Kier molecular flexibility index (Phi) is 8.03. The van der Waals surface area contributed by atoms with Crippen LogP contribution in [-0.4, -0.2) is 65.1 Å². The Balaban J connectivity index is 1.50. The Morgan fingerprint density at radius 1 is 1.16 bits per heavy atom. The number of aromatic nitrogens is 2. The van der Waals surface area contributed by atoms with Gasteiger partial charge < -0.3 is 14.2 Å². The third-order valence-electron chi connectivity index (χ3n) is 5.42. The standard InChI is InChI=1S/C22H29ClN4O4/c1-15(2)21-24-18(31-25-21)5-4-6-19(28)26-11-13-27(14-12-26)20(22(29)30-3)16-7-9-17(23)10-8-16/h7-10,15,20H,4-6,11-14H2,1-3H3. The van der Waals surface area contributed by atoms with E-state index in [0.29, 0.717) is 62.2 Å². The summed E-state index contributed by atoms with van der Waals surface area (Å²) < 4.78 is 10.3. The van der Waals surface area contributed by atoms with Crippen molar-refractivity contribution in [3.8, 4) is 0 Å². The lowest BCUT2D eigenvalue weighted by Crippen LogP contribution is -2.51. The molecule has 1 aliphatic rings. The van der Waals surface area contributed by atoms with Crippen molar-refractivity contribution in [1.82, 2.24) is 19.9 Å². The first-order valence-corrected chi connectivity index (χ1v) is 10.9. The van der Waals surface area contributed by atoms with Crippen LogP contribution in [0.1, 0.15) is 55.9 Å². The molecule has 3 rings (SSSR count). The number of carbonyl (C=O) groups is 2. The van der Waals surface area contributed by atoms with E-state index in [2.05, 4.69) is 10.1 Å². The molecular formula is C22H29ClN4O4. The first-order chi connectivity index (χ1) is 14.9. The highest BCUT2D eigenvalue weighted by molar-refractivity contribution is 6.30. The number of piperazine rings is 1. The van der Waals surface area contributed by atoms with Crippen molar-refractivity contribution in [3.63, 3.8) is 0 Å². The van der Waals surface area contributed by atoms with Gasteiger partial charge in [0.1, 0.15) is 6.04 Å². The van der Waals surface area contributed by atoms with Crippen LogP contribution in [0, 0.1) is 0 Å². The number of nitrogens with zero attached hydrogens (tertiary/aromatic N) is 4. The Labute approximate surface area is 187 Å². The van der Waals surface area contributed by atoms with Crippen LogP contribution in [0.4, 0.5) is 0 Å². The summed E-state index contributed by atoms with van der Waals surface area (Å²) in [6.45, 7) is 6.34. The van der Waals surface area contributed by atoms with Crippen LogP contribution in [0.25, 0.3) is 0 Å². The van der Waals surface area contributed by atoms with E-state index < -0.39 is 6.04 Å². The Morgan fingerprint density at radius 2 is 1.84 bits per heavy atom. The molecule has 8 nitrogen and oxygen atoms in total. The van der Waals surface area contributed by atoms with E-state index in [9.17, 15) is 9.59 Å². The largest absolute Gasteiger partial charge is 0.468 e. The van der Waals surface area contributed by atoms with E-state index in [1.807, 2.05) is 35.8 Å². The van der Waals surface area contributed by atoms with Gasteiger partial charge in [0.15, 0.2) is 5.82 Å². The zero-order chi connectivity index (χ0) is 22.4. The average molecular weight is 449 g/mol. The molecule has 0 aliphatic carbocycles. The fourth-order valence-corrected chi connectivity index (χ4v) is 3.76. The molecule has 168 valence electrons. The van der Waals surface area contributed by atoms with E-state index >= 15 is 0 Å². The fourth-order valence-electron chi connectivity index (χ4n) is 3.64. The Hall–Kier alpha value is -2.45. The molecule has 0 saturated carbocycles. The highest BCUT2D eigenvalue weighted by Crippen LogP contribution is 2.25.